The Balaban J connectivity index is 2.63. The topological polar surface area (TPSA) is 33.6 Å². The van der Waals surface area contributed by atoms with Gasteiger partial charge in [-0.3, -0.25) is 4.98 Å². The van der Waals surface area contributed by atoms with Crippen molar-refractivity contribution in [1.82, 2.24) is 14.5 Å². The van der Waals surface area contributed by atoms with E-state index in [9.17, 15) is 0 Å². The average molecular weight is 219 g/mol. The minimum absolute atomic E-state index is 0.325. The summed E-state index contributed by atoms with van der Waals surface area (Å²) in [6, 6.07) is 2.30. The van der Waals surface area contributed by atoms with E-state index < -0.39 is 0 Å². The van der Waals surface area contributed by atoms with Crippen molar-refractivity contribution in [2.75, 3.05) is 0 Å². The molecule has 0 aliphatic heterocycles. The molecule has 15 heavy (non-hydrogen) atoms. The van der Waals surface area contributed by atoms with Crippen LogP contribution in [0.2, 0.25) is 0 Å². The molecule has 1 unspecified atom stereocenters. The number of aromatic nitrogens is 3. The van der Waals surface area contributed by atoms with E-state index in [1.165, 1.54) is 0 Å². The van der Waals surface area contributed by atoms with Gasteiger partial charge in [0.1, 0.15) is 0 Å². The van der Waals surface area contributed by atoms with Gasteiger partial charge in [-0.2, -0.15) is 0 Å². The molecule has 1 N–H and O–H groups in total. The van der Waals surface area contributed by atoms with Crippen molar-refractivity contribution in [3.05, 3.63) is 35.9 Å². The van der Waals surface area contributed by atoms with E-state index in [1.54, 1.807) is 12.4 Å². The largest absolute Gasteiger partial charge is 0.329 e. The highest BCUT2D eigenvalue weighted by molar-refractivity contribution is 7.71. The zero-order valence-corrected chi connectivity index (χ0v) is 9.42. The first-order chi connectivity index (χ1) is 7.24. The lowest BCUT2D eigenvalue weighted by molar-refractivity contribution is 0.563. The molecular weight excluding hydrogens is 206 g/mol. The highest BCUT2D eigenvalue weighted by Gasteiger charge is 2.09. The maximum Gasteiger partial charge on any atom is 0.178 e. The summed E-state index contributed by atoms with van der Waals surface area (Å²) in [5.41, 5.74) is 2.09. The number of allylic oxidation sites excluding steroid dienone is 1. The third kappa shape index (κ3) is 1.72. The van der Waals surface area contributed by atoms with Gasteiger partial charge in [0, 0.05) is 12.2 Å². The molecule has 0 saturated heterocycles. The lowest BCUT2D eigenvalue weighted by Gasteiger charge is -2.11. The van der Waals surface area contributed by atoms with Gasteiger partial charge in [0.05, 0.1) is 17.2 Å². The van der Waals surface area contributed by atoms with Crippen molar-refractivity contribution in [1.29, 1.82) is 0 Å². The van der Waals surface area contributed by atoms with E-state index in [0.717, 1.165) is 22.2 Å². The van der Waals surface area contributed by atoms with Crippen LogP contribution in [0.1, 0.15) is 19.4 Å². The van der Waals surface area contributed by atoms with Crippen molar-refractivity contribution in [2.24, 2.45) is 0 Å². The number of hydrogen-bond acceptors (Lipinski definition) is 2. The zero-order valence-electron chi connectivity index (χ0n) is 8.60. The van der Waals surface area contributed by atoms with E-state index in [4.69, 9.17) is 12.2 Å². The summed E-state index contributed by atoms with van der Waals surface area (Å²) in [5, 5.41) is 0. The van der Waals surface area contributed by atoms with Crippen LogP contribution in [-0.4, -0.2) is 14.5 Å². The first-order valence-electron chi connectivity index (χ1n) is 4.89. The first kappa shape index (κ1) is 10.1. The number of H-pyrrole nitrogens is 1. The van der Waals surface area contributed by atoms with E-state index in [0.29, 0.717) is 6.04 Å². The molecule has 0 radical (unpaired) electrons. The Hall–Kier alpha value is -1.42. The van der Waals surface area contributed by atoms with Crippen LogP contribution in [-0.2, 0) is 0 Å². The number of fused-ring (bicyclic) bond motifs is 1. The van der Waals surface area contributed by atoms with Gasteiger partial charge in [0.25, 0.3) is 0 Å². The number of rotatable bonds is 3. The number of imidazole rings is 1. The second-order valence-corrected chi connectivity index (χ2v) is 3.95. The average Bonchev–Trinajstić information content (AvgIpc) is 2.54. The third-order valence-electron chi connectivity index (χ3n) is 2.47. The molecule has 2 aromatic rings. The van der Waals surface area contributed by atoms with E-state index in [2.05, 4.69) is 28.0 Å². The Morgan fingerprint density at radius 2 is 2.53 bits per heavy atom. The van der Waals surface area contributed by atoms with Gasteiger partial charge in [-0.05, 0) is 31.6 Å². The number of aromatic amines is 1. The van der Waals surface area contributed by atoms with Crippen LogP contribution in [0.25, 0.3) is 11.0 Å². The predicted octanol–water partition coefficient (Wildman–Crippen LogP) is 3.23. The third-order valence-corrected chi connectivity index (χ3v) is 2.77. The number of nitrogens with one attached hydrogen (secondary N) is 1. The predicted molar refractivity (Wildman–Crippen MR) is 64.4 cm³/mol. The molecule has 0 bridgehead atoms. The minimum atomic E-state index is 0.325. The lowest BCUT2D eigenvalue weighted by Crippen LogP contribution is -2.03. The van der Waals surface area contributed by atoms with Crippen molar-refractivity contribution in [3.63, 3.8) is 0 Å². The summed E-state index contributed by atoms with van der Waals surface area (Å²) in [6.07, 6.45) is 6.39. The summed E-state index contributed by atoms with van der Waals surface area (Å²) in [6.45, 7) is 5.88. The Kier molecular flexibility index (Phi) is 2.68. The van der Waals surface area contributed by atoms with Gasteiger partial charge in [0.2, 0.25) is 0 Å². The summed E-state index contributed by atoms with van der Waals surface area (Å²) in [4.78, 5) is 7.21. The Labute approximate surface area is 93.5 Å². The molecule has 3 nitrogen and oxygen atoms in total. The molecule has 2 aromatic heterocycles. The molecule has 4 heteroatoms. The molecule has 0 aliphatic carbocycles. The fraction of sp³-hybridized carbons (Fsp3) is 0.273. The van der Waals surface area contributed by atoms with Crippen LogP contribution >= 0.6 is 12.2 Å². The Morgan fingerprint density at radius 3 is 3.27 bits per heavy atom. The van der Waals surface area contributed by atoms with Crippen molar-refractivity contribution in [3.8, 4) is 0 Å². The zero-order chi connectivity index (χ0) is 10.8. The normalized spacial score (nSPS) is 12.9. The molecular formula is C11H13N3S. The number of nitrogens with zero attached hydrogens (tertiary/aromatic N) is 2. The van der Waals surface area contributed by atoms with Crippen molar-refractivity contribution in [2.45, 2.75) is 19.4 Å². The molecule has 0 aliphatic rings. The van der Waals surface area contributed by atoms with Gasteiger partial charge in [-0.1, -0.05) is 6.08 Å². The summed E-state index contributed by atoms with van der Waals surface area (Å²) >= 11 is 5.29. The van der Waals surface area contributed by atoms with Crippen LogP contribution in [0.5, 0.6) is 0 Å². The quantitative estimate of drug-likeness (QED) is 0.635. The SMILES string of the molecule is C=CCC(C)n1c(=S)[nH]c2cnccc21. The van der Waals surface area contributed by atoms with E-state index in [-0.39, 0.29) is 0 Å². The smallest absolute Gasteiger partial charge is 0.178 e. The second-order valence-electron chi connectivity index (χ2n) is 3.57. The molecule has 2 rings (SSSR count). The van der Waals surface area contributed by atoms with Crippen molar-refractivity contribution >= 4 is 23.3 Å². The fourth-order valence-electron chi connectivity index (χ4n) is 1.76. The van der Waals surface area contributed by atoms with E-state index >= 15 is 0 Å². The summed E-state index contributed by atoms with van der Waals surface area (Å²) in [5.74, 6) is 0. The van der Waals surface area contributed by atoms with Gasteiger partial charge in [0.15, 0.2) is 4.77 Å². The molecule has 0 fully saturated rings. The second kappa shape index (κ2) is 3.98. The van der Waals surface area contributed by atoms with Gasteiger partial charge in [-0.15, -0.1) is 6.58 Å². The Morgan fingerprint density at radius 1 is 1.73 bits per heavy atom. The molecule has 0 aromatic carbocycles. The fourth-order valence-corrected chi connectivity index (χ4v) is 2.15. The van der Waals surface area contributed by atoms with Crippen LogP contribution < -0.4 is 0 Å². The molecule has 78 valence electrons. The highest BCUT2D eigenvalue weighted by Crippen LogP contribution is 2.20. The minimum Gasteiger partial charge on any atom is -0.329 e. The maximum absolute atomic E-state index is 5.29. The summed E-state index contributed by atoms with van der Waals surface area (Å²) < 4.78 is 2.85. The highest BCUT2D eigenvalue weighted by atomic mass is 32.1. The van der Waals surface area contributed by atoms with Crippen LogP contribution in [0.3, 0.4) is 0 Å². The number of pyridine rings is 1. The summed E-state index contributed by atoms with van der Waals surface area (Å²) in [7, 11) is 0. The van der Waals surface area contributed by atoms with Gasteiger partial charge >= 0.3 is 0 Å². The van der Waals surface area contributed by atoms with Crippen LogP contribution in [0.4, 0.5) is 0 Å². The molecule has 0 saturated carbocycles. The standard InChI is InChI=1S/C11H13N3S/c1-3-4-8(2)14-10-5-6-12-7-9(10)13-11(14)15/h3,5-8H,1,4H2,2H3,(H,13,15). The first-order valence-corrected chi connectivity index (χ1v) is 5.30. The number of hydrogen-bond donors (Lipinski definition) is 1. The van der Waals surface area contributed by atoms with Gasteiger partial charge < -0.3 is 9.55 Å². The monoisotopic (exact) mass is 219 g/mol. The van der Waals surface area contributed by atoms with Crippen LogP contribution in [0, 0.1) is 4.77 Å². The lowest BCUT2D eigenvalue weighted by atomic mass is 10.2. The van der Waals surface area contributed by atoms with E-state index in [1.807, 2.05) is 12.1 Å². The van der Waals surface area contributed by atoms with Gasteiger partial charge in [-0.25, -0.2) is 0 Å². The molecule has 1 atom stereocenters. The molecule has 2 heterocycles. The maximum atomic E-state index is 5.29. The molecule has 0 spiro atoms. The van der Waals surface area contributed by atoms with Crippen molar-refractivity contribution < 1.29 is 0 Å². The Bertz CT molecular complexity index is 538. The molecule has 0 amide bonds. The van der Waals surface area contributed by atoms with Crippen LogP contribution in [0.15, 0.2) is 31.1 Å².